The van der Waals surface area contributed by atoms with Gasteiger partial charge in [0.25, 0.3) is 0 Å². The molecule has 0 spiro atoms. The van der Waals surface area contributed by atoms with Crippen LogP contribution < -0.4 is 4.72 Å². The molecule has 0 fully saturated rings. The lowest BCUT2D eigenvalue weighted by molar-refractivity contribution is -0.170. The maximum Gasteiger partial charge on any atom is 0.476 e. The maximum atomic E-state index is 14.6. The Hall–Kier alpha value is -3.63. The minimum atomic E-state index is -4.51. The van der Waals surface area contributed by atoms with Crippen LogP contribution in [0.2, 0.25) is 0 Å². The van der Waals surface area contributed by atoms with Gasteiger partial charge in [0, 0.05) is 0 Å². The van der Waals surface area contributed by atoms with Crippen LogP contribution in [0.3, 0.4) is 0 Å². The molecule has 4 aromatic carbocycles. The molecule has 1 N–H and O–H groups in total. The fourth-order valence-corrected chi connectivity index (χ4v) is 7.31. The van der Waals surface area contributed by atoms with Gasteiger partial charge in [-0.15, -0.1) is 0 Å². The quantitative estimate of drug-likeness (QED) is 0.111. The molecule has 0 aromatic heterocycles. The van der Waals surface area contributed by atoms with Gasteiger partial charge in [0.05, 0.1) is 24.2 Å². The molecule has 232 valence electrons. The zero-order valence-corrected chi connectivity index (χ0v) is 26.5. The summed E-state index contributed by atoms with van der Waals surface area (Å²) in [4.78, 5) is 14.6. The first-order valence-electron chi connectivity index (χ1n) is 14.1. The maximum absolute atomic E-state index is 14.6. The van der Waals surface area contributed by atoms with Crippen molar-refractivity contribution < 1.29 is 36.1 Å². The van der Waals surface area contributed by atoms with E-state index < -0.39 is 35.5 Å². The Labute approximate surface area is 258 Å². The number of hydrogen-bond donors (Lipinski definition) is 1. The fraction of sp³-hybridized carbons (Fsp3) is 0.242. The van der Waals surface area contributed by atoms with Crippen molar-refractivity contribution >= 4 is 23.8 Å². The van der Waals surface area contributed by atoms with Gasteiger partial charge in [-0.2, -0.15) is 4.72 Å². The average Bonchev–Trinajstić information content (AvgIpc) is 3.03. The van der Waals surface area contributed by atoms with Crippen LogP contribution in [0.1, 0.15) is 42.1 Å². The molecule has 2 atom stereocenters. The van der Waals surface area contributed by atoms with Crippen LogP contribution in [-0.2, 0) is 49.9 Å². The first-order valence-corrected chi connectivity index (χ1v) is 17.1. The zero-order chi connectivity index (χ0) is 31.6. The van der Waals surface area contributed by atoms with Crippen molar-refractivity contribution in [1.29, 1.82) is 0 Å². The van der Waals surface area contributed by atoms with Crippen LogP contribution >= 0.6 is 7.82 Å². The Morgan fingerprint density at radius 2 is 1.32 bits per heavy atom. The molecule has 0 aliphatic rings. The van der Waals surface area contributed by atoms with E-state index in [9.17, 15) is 17.8 Å². The van der Waals surface area contributed by atoms with Crippen molar-refractivity contribution in [3.8, 4) is 0 Å². The molecular formula is C33H36NO8PS. The number of ether oxygens (including phenoxy) is 1. The van der Waals surface area contributed by atoms with Crippen LogP contribution in [0.5, 0.6) is 0 Å². The van der Waals surface area contributed by atoms with Crippen molar-refractivity contribution in [3.05, 3.63) is 138 Å². The second-order valence-electron chi connectivity index (χ2n) is 9.82. The first-order chi connectivity index (χ1) is 21.1. The normalized spacial score (nSPS) is 14.0. The van der Waals surface area contributed by atoms with Gasteiger partial charge in [0.2, 0.25) is 15.6 Å². The highest BCUT2D eigenvalue weighted by atomic mass is 32.2. The molecule has 4 aromatic rings. The molecule has 0 amide bonds. The monoisotopic (exact) mass is 637 g/mol. The molecule has 9 nitrogen and oxygen atoms in total. The second-order valence-corrected chi connectivity index (χ2v) is 13.1. The third-order valence-electron chi connectivity index (χ3n) is 6.69. The van der Waals surface area contributed by atoms with Crippen LogP contribution in [0.4, 0.5) is 0 Å². The minimum absolute atomic E-state index is 0.0403. The van der Waals surface area contributed by atoms with Crippen molar-refractivity contribution in [2.45, 2.75) is 43.9 Å². The summed E-state index contributed by atoms with van der Waals surface area (Å²) in [6.45, 7) is 4.71. The number of phosphoric acid groups is 1. The highest BCUT2D eigenvalue weighted by molar-refractivity contribution is 7.89. The SMILES string of the molecule is CCOP(=O)(OCC)O[C@](C(=O)OCc1ccccc1)(c1ccccc1)[C@@H](NS(=O)(=O)c1ccc(C)cc1)c1ccccc1. The third kappa shape index (κ3) is 7.90. The topological polar surface area (TPSA) is 117 Å². The van der Waals surface area contributed by atoms with E-state index in [4.69, 9.17) is 18.3 Å². The molecule has 44 heavy (non-hydrogen) atoms. The molecule has 0 radical (unpaired) electrons. The van der Waals surface area contributed by atoms with Crippen molar-refractivity contribution in [2.24, 2.45) is 0 Å². The van der Waals surface area contributed by atoms with Gasteiger partial charge in [0.15, 0.2) is 0 Å². The van der Waals surface area contributed by atoms with Crippen molar-refractivity contribution in [3.63, 3.8) is 0 Å². The van der Waals surface area contributed by atoms with Gasteiger partial charge in [-0.05, 0) is 49.6 Å². The number of carbonyl (C=O) groups excluding carboxylic acids is 1. The Morgan fingerprint density at radius 3 is 1.86 bits per heavy atom. The Morgan fingerprint density at radius 1 is 0.795 bits per heavy atom. The summed E-state index contributed by atoms with van der Waals surface area (Å²) in [5.41, 5.74) is -0.349. The van der Waals surface area contributed by atoms with Gasteiger partial charge in [-0.1, -0.05) is 109 Å². The largest absolute Gasteiger partial charge is 0.476 e. The summed E-state index contributed by atoms with van der Waals surface area (Å²) in [6, 6.07) is 30.3. The Kier molecular flexibility index (Phi) is 11.3. The van der Waals surface area contributed by atoms with E-state index in [-0.39, 0.29) is 30.3 Å². The highest BCUT2D eigenvalue weighted by Crippen LogP contribution is 2.58. The molecular weight excluding hydrogens is 601 g/mol. The van der Waals surface area contributed by atoms with Gasteiger partial charge in [-0.3, -0.25) is 13.6 Å². The number of aryl methyl sites for hydroxylation is 1. The van der Waals surface area contributed by atoms with E-state index in [2.05, 4.69) is 4.72 Å². The molecule has 0 unspecified atom stereocenters. The number of carbonyl (C=O) groups is 1. The van der Waals surface area contributed by atoms with Gasteiger partial charge in [0.1, 0.15) is 6.61 Å². The number of sulfonamides is 1. The Balaban J connectivity index is 1.98. The molecule has 0 saturated carbocycles. The van der Waals surface area contributed by atoms with E-state index in [1.54, 1.807) is 111 Å². The van der Waals surface area contributed by atoms with Gasteiger partial charge in [-0.25, -0.2) is 17.8 Å². The van der Waals surface area contributed by atoms with Crippen LogP contribution in [0.25, 0.3) is 0 Å². The standard InChI is InChI=1S/C33H36NO8PS/c1-4-40-43(36,41-5-2)42-33(29-19-13-8-14-20-29,32(35)39-25-27-15-9-6-10-16-27)31(28-17-11-7-12-18-28)34-44(37,38)30-23-21-26(3)22-24-30/h6-24,31,34H,4-5,25H2,1-3H3/t31-,33+/m0/s1. The summed E-state index contributed by atoms with van der Waals surface area (Å²) in [5, 5.41) is 0. The molecule has 0 aliphatic carbocycles. The summed E-state index contributed by atoms with van der Waals surface area (Å²) in [6.07, 6.45) is 0. The predicted octanol–water partition coefficient (Wildman–Crippen LogP) is 6.85. The lowest BCUT2D eigenvalue weighted by Crippen LogP contribution is -2.51. The van der Waals surface area contributed by atoms with E-state index in [1.165, 1.54) is 12.1 Å². The van der Waals surface area contributed by atoms with E-state index in [0.717, 1.165) is 5.56 Å². The van der Waals surface area contributed by atoms with Crippen molar-refractivity contribution in [2.75, 3.05) is 13.2 Å². The number of benzene rings is 4. The van der Waals surface area contributed by atoms with Crippen LogP contribution in [-0.4, -0.2) is 27.6 Å². The van der Waals surface area contributed by atoms with Crippen LogP contribution in [0.15, 0.2) is 120 Å². The van der Waals surface area contributed by atoms with E-state index >= 15 is 0 Å². The van der Waals surface area contributed by atoms with Crippen LogP contribution in [0, 0.1) is 6.92 Å². The molecule has 0 bridgehead atoms. The Bertz CT molecular complexity index is 1640. The molecule has 0 aliphatic heterocycles. The molecule has 0 heterocycles. The second kappa shape index (κ2) is 14.9. The molecule has 4 rings (SSSR count). The van der Waals surface area contributed by atoms with Gasteiger partial charge >= 0.3 is 13.8 Å². The number of nitrogens with one attached hydrogen (secondary N) is 1. The van der Waals surface area contributed by atoms with Crippen molar-refractivity contribution in [1.82, 2.24) is 4.72 Å². The fourth-order valence-electron chi connectivity index (χ4n) is 4.62. The summed E-state index contributed by atoms with van der Waals surface area (Å²) in [5.74, 6) is -1.01. The lowest BCUT2D eigenvalue weighted by Gasteiger charge is -2.40. The van der Waals surface area contributed by atoms with E-state index in [1.807, 2.05) is 13.0 Å². The average molecular weight is 638 g/mol. The number of hydrogen-bond acceptors (Lipinski definition) is 8. The van der Waals surface area contributed by atoms with Gasteiger partial charge < -0.3 is 4.74 Å². The zero-order valence-electron chi connectivity index (χ0n) is 24.8. The summed E-state index contributed by atoms with van der Waals surface area (Å²) >= 11 is 0. The highest BCUT2D eigenvalue weighted by Gasteiger charge is 2.57. The molecule has 11 heteroatoms. The third-order valence-corrected chi connectivity index (χ3v) is 9.79. The minimum Gasteiger partial charge on any atom is -0.458 e. The number of phosphoric ester groups is 1. The summed E-state index contributed by atoms with van der Waals surface area (Å²) in [7, 11) is -8.82. The number of rotatable bonds is 15. The molecule has 0 saturated heterocycles. The van der Waals surface area contributed by atoms with E-state index in [0.29, 0.717) is 11.1 Å². The first kappa shape index (κ1) is 33.3. The number of esters is 1. The lowest BCUT2D eigenvalue weighted by atomic mass is 9.83. The predicted molar refractivity (Wildman–Crippen MR) is 167 cm³/mol. The smallest absolute Gasteiger partial charge is 0.458 e. The summed E-state index contributed by atoms with van der Waals surface area (Å²) < 4.78 is 67.9.